The Labute approximate surface area is 90.3 Å². The number of rotatable bonds is 4. The fourth-order valence-electron chi connectivity index (χ4n) is 1.62. The van der Waals surface area contributed by atoms with Gasteiger partial charge in [-0.25, -0.2) is 4.39 Å². The van der Waals surface area contributed by atoms with Crippen LogP contribution in [-0.4, -0.2) is 11.5 Å². The van der Waals surface area contributed by atoms with Crippen molar-refractivity contribution in [3.63, 3.8) is 0 Å². The molecule has 0 spiro atoms. The molecule has 0 fully saturated rings. The van der Waals surface area contributed by atoms with Crippen LogP contribution in [0.1, 0.15) is 31.9 Å². The average molecular weight is 208 g/mol. The molecule has 0 bridgehead atoms. The van der Waals surface area contributed by atoms with Crippen molar-refractivity contribution in [2.75, 3.05) is 0 Å². The molecule has 0 radical (unpaired) electrons. The van der Waals surface area contributed by atoms with Crippen molar-refractivity contribution in [1.29, 1.82) is 0 Å². The molecular weight excluding hydrogens is 191 g/mol. The minimum Gasteiger partial charge on any atom is -0.300 e. The van der Waals surface area contributed by atoms with E-state index in [1.54, 1.807) is 20.8 Å². The van der Waals surface area contributed by atoms with Crippen LogP contribution in [-0.2, 0) is 17.6 Å². The molecule has 1 aromatic carbocycles. The van der Waals surface area contributed by atoms with E-state index in [0.717, 1.165) is 11.1 Å². The summed E-state index contributed by atoms with van der Waals surface area (Å²) in [6, 6.07) is 7.54. The van der Waals surface area contributed by atoms with Gasteiger partial charge in [-0.2, -0.15) is 0 Å². The largest absolute Gasteiger partial charge is 0.300 e. The summed E-state index contributed by atoms with van der Waals surface area (Å²) in [6.07, 6.45) is 0.753. The summed E-state index contributed by atoms with van der Waals surface area (Å²) in [6.45, 7) is 4.66. The molecule has 2 heteroatoms. The molecule has 0 heterocycles. The first kappa shape index (κ1) is 11.9. The van der Waals surface area contributed by atoms with Crippen LogP contribution in [0.4, 0.5) is 4.39 Å². The minimum absolute atomic E-state index is 0.110. The van der Waals surface area contributed by atoms with Gasteiger partial charge in [0, 0.05) is 12.8 Å². The van der Waals surface area contributed by atoms with Gasteiger partial charge in [0.15, 0.2) is 0 Å². The lowest BCUT2D eigenvalue weighted by Crippen LogP contribution is -2.17. The van der Waals surface area contributed by atoms with Gasteiger partial charge in [-0.3, -0.25) is 4.79 Å². The molecule has 0 aromatic heterocycles. The van der Waals surface area contributed by atoms with Crippen molar-refractivity contribution in [1.82, 2.24) is 0 Å². The third-order valence-electron chi connectivity index (χ3n) is 2.17. The van der Waals surface area contributed by atoms with Gasteiger partial charge >= 0.3 is 0 Å². The molecule has 0 aliphatic heterocycles. The quantitative estimate of drug-likeness (QED) is 0.743. The van der Waals surface area contributed by atoms with E-state index < -0.39 is 5.67 Å². The zero-order valence-electron chi connectivity index (χ0n) is 9.51. The zero-order valence-corrected chi connectivity index (χ0v) is 9.51. The number of alkyl halides is 1. The topological polar surface area (TPSA) is 17.1 Å². The highest BCUT2D eigenvalue weighted by molar-refractivity contribution is 5.78. The Morgan fingerprint density at radius 3 is 2.27 bits per heavy atom. The molecule has 0 atom stereocenters. The van der Waals surface area contributed by atoms with E-state index in [-0.39, 0.29) is 5.78 Å². The van der Waals surface area contributed by atoms with Crippen LogP contribution in [0, 0.1) is 0 Å². The third-order valence-corrected chi connectivity index (χ3v) is 2.17. The van der Waals surface area contributed by atoms with E-state index in [2.05, 4.69) is 0 Å². The number of ketones is 1. The predicted octanol–water partition coefficient (Wildman–Crippen LogP) is 3.11. The number of hydrogen-bond acceptors (Lipinski definition) is 1. The third kappa shape index (κ3) is 4.24. The van der Waals surface area contributed by atoms with Gasteiger partial charge in [-0.1, -0.05) is 24.3 Å². The Kier molecular flexibility index (Phi) is 3.61. The second-order valence-corrected chi connectivity index (χ2v) is 4.54. The monoisotopic (exact) mass is 208 g/mol. The summed E-state index contributed by atoms with van der Waals surface area (Å²) < 4.78 is 13.5. The summed E-state index contributed by atoms with van der Waals surface area (Å²) in [4.78, 5) is 11.0. The van der Waals surface area contributed by atoms with Gasteiger partial charge in [0.05, 0.1) is 0 Å². The fraction of sp³-hybridized carbons (Fsp3) is 0.462. The number of carbonyl (C=O) groups is 1. The number of hydrogen-bond donors (Lipinski definition) is 0. The molecule has 0 saturated heterocycles. The lowest BCUT2D eigenvalue weighted by molar-refractivity contribution is -0.116. The zero-order chi connectivity index (χ0) is 11.5. The first-order valence-electron chi connectivity index (χ1n) is 5.13. The molecule has 0 saturated carbocycles. The Bertz CT molecular complexity index is 350. The second-order valence-electron chi connectivity index (χ2n) is 4.54. The molecule has 0 aliphatic rings. The Hall–Kier alpha value is -1.18. The predicted molar refractivity (Wildman–Crippen MR) is 59.7 cm³/mol. The highest BCUT2D eigenvalue weighted by atomic mass is 19.1. The Morgan fingerprint density at radius 1 is 1.27 bits per heavy atom. The molecule has 0 unspecified atom stereocenters. The normalized spacial score (nSPS) is 11.5. The van der Waals surface area contributed by atoms with Crippen LogP contribution >= 0.6 is 0 Å². The van der Waals surface area contributed by atoms with E-state index in [0.29, 0.717) is 12.8 Å². The minimum atomic E-state index is -1.23. The Balaban J connectivity index is 2.91. The van der Waals surface area contributed by atoms with Crippen LogP contribution in [0.15, 0.2) is 24.3 Å². The molecule has 1 nitrogen and oxygen atoms in total. The van der Waals surface area contributed by atoms with Crippen LogP contribution in [0.5, 0.6) is 0 Å². The molecule has 15 heavy (non-hydrogen) atoms. The van der Waals surface area contributed by atoms with Crippen LogP contribution in [0.3, 0.4) is 0 Å². The maximum atomic E-state index is 13.5. The average Bonchev–Trinajstić information content (AvgIpc) is 2.05. The molecule has 0 amide bonds. The van der Waals surface area contributed by atoms with Crippen molar-refractivity contribution in [3.05, 3.63) is 35.4 Å². The number of benzene rings is 1. The van der Waals surface area contributed by atoms with E-state index in [4.69, 9.17) is 0 Å². The van der Waals surface area contributed by atoms with E-state index >= 15 is 0 Å². The van der Waals surface area contributed by atoms with Crippen molar-refractivity contribution in [3.8, 4) is 0 Å². The van der Waals surface area contributed by atoms with Gasteiger partial charge in [0.1, 0.15) is 11.5 Å². The number of carbonyl (C=O) groups excluding carboxylic acids is 1. The summed E-state index contributed by atoms with van der Waals surface area (Å²) in [5, 5.41) is 0. The first-order valence-corrected chi connectivity index (χ1v) is 5.13. The number of halogens is 1. The highest BCUT2D eigenvalue weighted by Crippen LogP contribution is 2.20. The molecule has 0 aliphatic carbocycles. The fourth-order valence-corrected chi connectivity index (χ4v) is 1.62. The maximum Gasteiger partial charge on any atom is 0.134 e. The Morgan fingerprint density at radius 2 is 1.80 bits per heavy atom. The molecular formula is C13H17FO. The van der Waals surface area contributed by atoms with Gasteiger partial charge in [-0.05, 0) is 31.9 Å². The van der Waals surface area contributed by atoms with Crippen molar-refractivity contribution >= 4 is 5.78 Å². The van der Waals surface area contributed by atoms with Crippen molar-refractivity contribution < 1.29 is 9.18 Å². The van der Waals surface area contributed by atoms with Crippen LogP contribution in [0.25, 0.3) is 0 Å². The second kappa shape index (κ2) is 4.56. The standard InChI is InChI=1S/C13H17FO/c1-10(15)8-11-6-4-5-7-12(11)9-13(2,3)14/h4-7H,8-9H2,1-3H3. The molecule has 82 valence electrons. The number of Topliss-reactive ketones (excluding diaryl/α,β-unsaturated/α-hetero) is 1. The molecule has 0 N–H and O–H groups in total. The molecule has 1 rings (SSSR count). The van der Waals surface area contributed by atoms with Gasteiger partial charge < -0.3 is 0 Å². The summed E-state index contributed by atoms with van der Waals surface area (Å²) >= 11 is 0. The van der Waals surface area contributed by atoms with Crippen LogP contribution < -0.4 is 0 Å². The van der Waals surface area contributed by atoms with Gasteiger partial charge in [-0.15, -0.1) is 0 Å². The van der Waals surface area contributed by atoms with E-state index in [1.165, 1.54) is 0 Å². The highest BCUT2D eigenvalue weighted by Gasteiger charge is 2.18. The maximum absolute atomic E-state index is 13.5. The van der Waals surface area contributed by atoms with E-state index in [1.807, 2.05) is 24.3 Å². The SMILES string of the molecule is CC(=O)Cc1ccccc1CC(C)(C)F. The van der Waals surface area contributed by atoms with E-state index in [9.17, 15) is 9.18 Å². The van der Waals surface area contributed by atoms with Crippen molar-refractivity contribution in [2.45, 2.75) is 39.3 Å². The summed E-state index contributed by atoms with van der Waals surface area (Å²) in [7, 11) is 0. The van der Waals surface area contributed by atoms with Crippen molar-refractivity contribution in [2.24, 2.45) is 0 Å². The first-order chi connectivity index (χ1) is 6.88. The van der Waals surface area contributed by atoms with Gasteiger partial charge in [0.2, 0.25) is 0 Å². The summed E-state index contributed by atoms with van der Waals surface area (Å²) in [5.41, 5.74) is 0.642. The molecule has 1 aromatic rings. The lowest BCUT2D eigenvalue weighted by atomic mass is 9.94. The smallest absolute Gasteiger partial charge is 0.134 e. The summed E-state index contributed by atoms with van der Waals surface area (Å²) in [5.74, 6) is 0.110. The lowest BCUT2D eigenvalue weighted by Gasteiger charge is -2.16. The van der Waals surface area contributed by atoms with Crippen LogP contribution in [0.2, 0.25) is 0 Å². The van der Waals surface area contributed by atoms with Gasteiger partial charge in [0.25, 0.3) is 0 Å².